The Balaban J connectivity index is 2.38. The Morgan fingerprint density at radius 1 is 1.21 bits per heavy atom. The minimum atomic E-state index is 0.0909. The van der Waals surface area contributed by atoms with Crippen LogP contribution in [0.15, 0.2) is 12.1 Å². The van der Waals surface area contributed by atoms with E-state index in [2.05, 4.69) is 12.9 Å². The van der Waals surface area contributed by atoms with Crippen molar-refractivity contribution in [1.82, 2.24) is 0 Å². The smallest absolute Gasteiger partial charge is 0.161 e. The molecule has 0 heterocycles. The number of hydrogen-bond donors (Lipinski definition) is 1. The van der Waals surface area contributed by atoms with Crippen molar-refractivity contribution in [3.8, 4) is 11.5 Å². The highest BCUT2D eigenvalue weighted by Gasteiger charge is 2.28. The van der Waals surface area contributed by atoms with E-state index in [4.69, 9.17) is 13.7 Å². The van der Waals surface area contributed by atoms with Gasteiger partial charge in [0.1, 0.15) is 6.10 Å². The quantitative estimate of drug-likeness (QED) is 0.614. The summed E-state index contributed by atoms with van der Waals surface area (Å²) < 4.78 is 15.4. The number of rotatable bonds is 3. The lowest BCUT2D eigenvalue weighted by molar-refractivity contribution is 0.222. The molecule has 0 aliphatic heterocycles. The van der Waals surface area contributed by atoms with E-state index in [-0.39, 0.29) is 6.10 Å². The third-order valence-corrected chi connectivity index (χ3v) is 2.78. The molecular formula is C10H12O3S. The van der Waals surface area contributed by atoms with Crippen LogP contribution >= 0.6 is 12.9 Å². The van der Waals surface area contributed by atoms with Gasteiger partial charge in [-0.15, -0.1) is 0 Å². The Labute approximate surface area is 88.6 Å². The molecule has 3 nitrogen and oxygen atoms in total. The van der Waals surface area contributed by atoms with Gasteiger partial charge in [0.15, 0.2) is 11.5 Å². The van der Waals surface area contributed by atoms with Crippen molar-refractivity contribution in [1.29, 1.82) is 0 Å². The van der Waals surface area contributed by atoms with Crippen LogP contribution in [0.4, 0.5) is 0 Å². The zero-order valence-corrected chi connectivity index (χ0v) is 9.01. The Hall–Kier alpha value is -0.870. The summed E-state index contributed by atoms with van der Waals surface area (Å²) >= 11 is 3.81. The van der Waals surface area contributed by atoms with Gasteiger partial charge in [0, 0.05) is 6.42 Å². The van der Waals surface area contributed by atoms with Crippen molar-refractivity contribution in [3.63, 3.8) is 0 Å². The lowest BCUT2D eigenvalue weighted by Crippen LogP contribution is -2.17. The highest BCUT2D eigenvalue weighted by atomic mass is 32.1. The van der Waals surface area contributed by atoms with Gasteiger partial charge in [0.25, 0.3) is 0 Å². The van der Waals surface area contributed by atoms with Crippen molar-refractivity contribution >= 4 is 12.9 Å². The maximum atomic E-state index is 5.19. The Bertz CT molecular complexity index is 351. The minimum Gasteiger partial charge on any atom is -0.493 e. The van der Waals surface area contributed by atoms with E-state index in [1.807, 2.05) is 12.1 Å². The molecule has 4 heteroatoms. The minimum absolute atomic E-state index is 0.0909. The van der Waals surface area contributed by atoms with Crippen molar-refractivity contribution in [3.05, 3.63) is 23.3 Å². The molecule has 0 N–H and O–H groups in total. The zero-order chi connectivity index (χ0) is 10.1. The third kappa shape index (κ3) is 1.35. The van der Waals surface area contributed by atoms with Gasteiger partial charge in [0.05, 0.1) is 14.2 Å². The average molecular weight is 212 g/mol. The SMILES string of the molecule is COc1cc2c(cc1OC)[C@H](OS)C2. The second kappa shape index (κ2) is 3.71. The number of thiol groups is 1. The molecular weight excluding hydrogens is 200 g/mol. The largest absolute Gasteiger partial charge is 0.493 e. The van der Waals surface area contributed by atoms with Crippen LogP contribution in [0.5, 0.6) is 11.5 Å². The maximum absolute atomic E-state index is 5.19. The van der Waals surface area contributed by atoms with Gasteiger partial charge in [-0.05, 0) is 36.2 Å². The van der Waals surface area contributed by atoms with Crippen molar-refractivity contribution in [2.75, 3.05) is 14.2 Å². The van der Waals surface area contributed by atoms with Crippen LogP contribution < -0.4 is 9.47 Å². The summed E-state index contributed by atoms with van der Waals surface area (Å²) in [6.07, 6.45) is 0.979. The second-order valence-electron chi connectivity index (χ2n) is 3.20. The first-order valence-electron chi connectivity index (χ1n) is 4.35. The zero-order valence-electron chi connectivity index (χ0n) is 8.11. The first-order valence-corrected chi connectivity index (χ1v) is 4.71. The normalized spacial score (nSPS) is 18.4. The molecule has 0 bridgehead atoms. The molecule has 1 aliphatic carbocycles. The fourth-order valence-electron chi connectivity index (χ4n) is 1.69. The fourth-order valence-corrected chi connectivity index (χ4v) is 1.87. The molecule has 0 aromatic heterocycles. The van der Waals surface area contributed by atoms with Gasteiger partial charge in [-0.1, -0.05) is 0 Å². The summed E-state index contributed by atoms with van der Waals surface area (Å²) in [5.41, 5.74) is 2.37. The summed E-state index contributed by atoms with van der Waals surface area (Å²) in [6, 6.07) is 3.93. The van der Waals surface area contributed by atoms with Gasteiger partial charge in [0.2, 0.25) is 0 Å². The molecule has 0 unspecified atom stereocenters. The van der Waals surface area contributed by atoms with Crippen molar-refractivity contribution < 1.29 is 13.7 Å². The van der Waals surface area contributed by atoms with E-state index < -0.39 is 0 Å². The first kappa shape index (κ1) is 9.68. The van der Waals surface area contributed by atoms with Crippen molar-refractivity contribution in [2.45, 2.75) is 12.5 Å². The molecule has 0 saturated carbocycles. The summed E-state index contributed by atoms with van der Waals surface area (Å²) in [5, 5.41) is 0. The van der Waals surface area contributed by atoms with Gasteiger partial charge in [-0.2, -0.15) is 0 Å². The van der Waals surface area contributed by atoms with Crippen molar-refractivity contribution in [2.24, 2.45) is 0 Å². The molecule has 0 fully saturated rings. The lowest BCUT2D eigenvalue weighted by Gasteiger charge is -2.29. The monoisotopic (exact) mass is 212 g/mol. The Morgan fingerprint density at radius 2 is 1.86 bits per heavy atom. The summed E-state index contributed by atoms with van der Waals surface area (Å²) in [5.74, 6) is 1.50. The van der Waals surface area contributed by atoms with Crippen LogP contribution in [-0.4, -0.2) is 14.2 Å². The number of benzene rings is 1. The molecule has 0 spiro atoms. The summed E-state index contributed by atoms with van der Waals surface area (Å²) in [6.45, 7) is 0. The van der Waals surface area contributed by atoms with Gasteiger partial charge in [-0.3, -0.25) is 0 Å². The van der Waals surface area contributed by atoms with Crippen LogP contribution in [0, 0.1) is 0 Å². The number of methoxy groups -OCH3 is 2. The first-order chi connectivity index (χ1) is 6.80. The molecule has 1 aromatic carbocycles. The standard InChI is InChI=1S/C10H12O3S/c1-11-9-4-6-3-8(13-14)7(6)5-10(9)12-2/h4-5,8,14H,3H2,1-2H3/t8-/m1/s1. The Morgan fingerprint density at radius 3 is 2.43 bits per heavy atom. The highest BCUT2D eigenvalue weighted by Crippen LogP contribution is 2.43. The molecule has 76 valence electrons. The molecule has 2 rings (SSSR count). The second-order valence-corrected chi connectivity index (χ2v) is 3.41. The third-order valence-electron chi connectivity index (χ3n) is 2.52. The predicted octanol–water partition coefficient (Wildman–Crippen LogP) is 2.16. The molecule has 1 aromatic rings. The lowest BCUT2D eigenvalue weighted by atomic mass is 9.85. The summed E-state index contributed by atoms with van der Waals surface area (Å²) in [4.78, 5) is 0. The number of hydrogen-bond acceptors (Lipinski definition) is 4. The van der Waals surface area contributed by atoms with Gasteiger partial charge < -0.3 is 13.7 Å². The maximum Gasteiger partial charge on any atom is 0.161 e. The predicted molar refractivity (Wildman–Crippen MR) is 56.1 cm³/mol. The van der Waals surface area contributed by atoms with E-state index in [1.165, 1.54) is 5.56 Å². The van der Waals surface area contributed by atoms with E-state index in [9.17, 15) is 0 Å². The Kier molecular flexibility index (Phi) is 2.56. The number of ether oxygens (including phenoxy) is 2. The van der Waals surface area contributed by atoms with Crippen LogP contribution in [0.3, 0.4) is 0 Å². The molecule has 0 radical (unpaired) electrons. The van der Waals surface area contributed by atoms with E-state index in [1.54, 1.807) is 14.2 Å². The molecule has 0 saturated heterocycles. The van der Waals surface area contributed by atoms with E-state index in [0.717, 1.165) is 23.5 Å². The van der Waals surface area contributed by atoms with E-state index in [0.29, 0.717) is 0 Å². The van der Waals surface area contributed by atoms with Crippen LogP contribution in [0.1, 0.15) is 17.2 Å². The molecule has 14 heavy (non-hydrogen) atoms. The van der Waals surface area contributed by atoms with Gasteiger partial charge in [-0.25, -0.2) is 0 Å². The molecule has 0 amide bonds. The van der Waals surface area contributed by atoms with Crippen LogP contribution in [0.2, 0.25) is 0 Å². The van der Waals surface area contributed by atoms with E-state index >= 15 is 0 Å². The highest BCUT2D eigenvalue weighted by molar-refractivity contribution is 7.75. The topological polar surface area (TPSA) is 27.7 Å². The van der Waals surface area contributed by atoms with Crippen LogP contribution in [-0.2, 0) is 10.6 Å². The number of fused-ring (bicyclic) bond motifs is 1. The molecule has 1 aliphatic rings. The summed E-state index contributed by atoms with van der Waals surface area (Å²) in [7, 11) is 3.26. The fraction of sp³-hybridized carbons (Fsp3) is 0.400. The molecule has 1 atom stereocenters. The van der Waals surface area contributed by atoms with Gasteiger partial charge >= 0.3 is 0 Å². The average Bonchev–Trinajstić information content (AvgIpc) is 2.20. The van der Waals surface area contributed by atoms with Crippen LogP contribution in [0.25, 0.3) is 0 Å².